The molecule has 3 rings (SSSR count). The minimum absolute atomic E-state index is 0.0283. The lowest BCUT2D eigenvalue weighted by Gasteiger charge is -2.07. The van der Waals surface area contributed by atoms with Crippen molar-refractivity contribution in [3.05, 3.63) is 70.0 Å². The van der Waals surface area contributed by atoms with Crippen LogP contribution in [0.1, 0.15) is 18.1 Å². The fraction of sp³-hybridized carbons (Fsp3) is 0.167. The molecule has 0 unspecified atom stereocenters. The van der Waals surface area contributed by atoms with Gasteiger partial charge in [0.15, 0.2) is 5.75 Å². The highest BCUT2D eigenvalue weighted by atomic mass is 32.2. The van der Waals surface area contributed by atoms with Gasteiger partial charge in [0.05, 0.1) is 17.7 Å². The normalized spacial score (nSPS) is 11.0. The molecule has 0 amide bonds. The first-order valence-electron chi connectivity index (χ1n) is 8.33. The maximum Gasteiger partial charge on any atom is 0.315 e. The van der Waals surface area contributed by atoms with Crippen LogP contribution >= 0.6 is 11.8 Å². The molecule has 0 fully saturated rings. The highest BCUT2D eigenvalue weighted by molar-refractivity contribution is 7.98. The summed E-state index contributed by atoms with van der Waals surface area (Å²) in [5.74, 6) is 0.224. The van der Waals surface area contributed by atoms with E-state index in [1.54, 1.807) is 6.92 Å². The molecule has 28 heavy (non-hydrogen) atoms. The number of nitro benzene ring substituents is 1. The van der Waals surface area contributed by atoms with E-state index in [0.717, 1.165) is 5.56 Å². The van der Waals surface area contributed by atoms with Crippen molar-refractivity contribution in [1.29, 1.82) is 0 Å². The number of benzene rings is 2. The van der Waals surface area contributed by atoms with Crippen LogP contribution in [0.15, 0.2) is 59.0 Å². The summed E-state index contributed by atoms with van der Waals surface area (Å²) in [6, 6.07) is 12.6. The molecule has 0 aliphatic rings. The Morgan fingerprint density at radius 1 is 1.36 bits per heavy atom. The Hall–Kier alpha value is -3.40. The van der Waals surface area contributed by atoms with Crippen molar-refractivity contribution in [1.82, 2.24) is 14.9 Å². The van der Waals surface area contributed by atoms with Crippen LogP contribution in [0, 0.1) is 10.1 Å². The summed E-state index contributed by atoms with van der Waals surface area (Å²) in [6.45, 7) is 1.98. The smallest absolute Gasteiger partial charge is 0.315 e. The molecule has 0 spiro atoms. The standard InChI is InChI=1S/C18H17N5O4S/c1-2-27-16-9-14(8-15(17(16)24)23(25)26)10-20-22-12-19-21-18(22)28-11-13-6-4-3-5-7-13/h3-10,12,24H,2,11H2,1H3/b20-10-. The molecule has 10 heteroatoms. The van der Waals surface area contributed by atoms with Crippen LogP contribution in [0.25, 0.3) is 0 Å². The number of nitro groups is 1. The molecular formula is C18H17N5O4S. The number of phenolic OH excluding ortho intramolecular Hbond substituents is 1. The Morgan fingerprint density at radius 2 is 2.14 bits per heavy atom. The van der Waals surface area contributed by atoms with Crippen LogP contribution in [0.2, 0.25) is 0 Å². The maximum atomic E-state index is 11.2. The van der Waals surface area contributed by atoms with Crippen molar-refractivity contribution < 1.29 is 14.8 Å². The van der Waals surface area contributed by atoms with Crippen molar-refractivity contribution in [3.63, 3.8) is 0 Å². The Labute approximate surface area is 164 Å². The zero-order chi connectivity index (χ0) is 19.9. The van der Waals surface area contributed by atoms with E-state index < -0.39 is 16.4 Å². The van der Waals surface area contributed by atoms with Gasteiger partial charge in [0.2, 0.25) is 10.9 Å². The third-order valence-corrected chi connectivity index (χ3v) is 4.62. The average molecular weight is 399 g/mol. The Morgan fingerprint density at radius 3 is 2.86 bits per heavy atom. The Kier molecular flexibility index (Phi) is 6.22. The van der Waals surface area contributed by atoms with Gasteiger partial charge in [-0.25, -0.2) is 0 Å². The Bertz CT molecular complexity index is 991. The summed E-state index contributed by atoms with van der Waals surface area (Å²) in [4.78, 5) is 10.5. The quantitative estimate of drug-likeness (QED) is 0.267. The minimum Gasteiger partial charge on any atom is -0.500 e. The largest absolute Gasteiger partial charge is 0.500 e. The monoisotopic (exact) mass is 399 g/mol. The second kappa shape index (κ2) is 9.00. The van der Waals surface area contributed by atoms with Crippen molar-refractivity contribution in [3.8, 4) is 11.5 Å². The molecule has 0 radical (unpaired) electrons. The summed E-state index contributed by atoms with van der Waals surface area (Å²) in [7, 11) is 0. The number of aromatic hydroxyl groups is 1. The first-order valence-corrected chi connectivity index (χ1v) is 9.32. The molecule has 0 bridgehead atoms. The van der Waals surface area contributed by atoms with E-state index in [1.165, 1.54) is 41.1 Å². The third kappa shape index (κ3) is 4.65. The number of thioether (sulfide) groups is 1. The predicted octanol–water partition coefficient (Wildman–Crippen LogP) is 3.47. The van der Waals surface area contributed by atoms with Gasteiger partial charge >= 0.3 is 5.69 Å². The molecule has 9 nitrogen and oxygen atoms in total. The lowest BCUT2D eigenvalue weighted by atomic mass is 10.2. The summed E-state index contributed by atoms with van der Waals surface area (Å²) in [5.41, 5.74) is 1.09. The van der Waals surface area contributed by atoms with Gasteiger partial charge < -0.3 is 9.84 Å². The molecule has 0 saturated heterocycles. The van der Waals surface area contributed by atoms with Gasteiger partial charge in [-0.05, 0) is 18.6 Å². The molecule has 0 atom stereocenters. The zero-order valence-electron chi connectivity index (χ0n) is 14.9. The molecule has 0 aliphatic heterocycles. The van der Waals surface area contributed by atoms with Crippen LogP contribution in [0.4, 0.5) is 5.69 Å². The second-order valence-corrected chi connectivity index (χ2v) is 6.50. The molecule has 3 aromatic rings. The van der Waals surface area contributed by atoms with Gasteiger partial charge in [0.25, 0.3) is 0 Å². The van der Waals surface area contributed by atoms with Gasteiger partial charge in [-0.2, -0.15) is 9.78 Å². The molecular weight excluding hydrogens is 382 g/mol. The number of nitrogens with zero attached hydrogens (tertiary/aromatic N) is 5. The Balaban J connectivity index is 1.80. The van der Waals surface area contributed by atoms with Crippen LogP contribution in [0.5, 0.6) is 11.5 Å². The van der Waals surface area contributed by atoms with E-state index in [9.17, 15) is 15.2 Å². The number of hydrogen-bond acceptors (Lipinski definition) is 8. The maximum absolute atomic E-state index is 11.2. The fourth-order valence-electron chi connectivity index (χ4n) is 2.34. The SMILES string of the molecule is CCOc1cc(/C=N\n2cnnc2SCc2ccccc2)cc([N+](=O)[O-])c1O. The van der Waals surface area contributed by atoms with E-state index >= 15 is 0 Å². The third-order valence-electron chi connectivity index (χ3n) is 3.62. The predicted molar refractivity (Wildman–Crippen MR) is 105 cm³/mol. The van der Waals surface area contributed by atoms with Crippen molar-refractivity contribution in [2.75, 3.05) is 6.61 Å². The molecule has 1 aromatic heterocycles. The van der Waals surface area contributed by atoms with E-state index in [-0.39, 0.29) is 12.4 Å². The lowest BCUT2D eigenvalue weighted by molar-refractivity contribution is -0.386. The molecule has 1 heterocycles. The van der Waals surface area contributed by atoms with E-state index in [2.05, 4.69) is 15.3 Å². The first-order chi connectivity index (χ1) is 13.6. The van der Waals surface area contributed by atoms with Gasteiger partial charge in [-0.15, -0.1) is 10.2 Å². The highest BCUT2D eigenvalue weighted by Gasteiger charge is 2.19. The molecule has 0 aliphatic carbocycles. The van der Waals surface area contributed by atoms with Gasteiger partial charge in [0.1, 0.15) is 6.33 Å². The average Bonchev–Trinajstić information content (AvgIpc) is 3.15. The highest BCUT2D eigenvalue weighted by Crippen LogP contribution is 2.36. The van der Waals surface area contributed by atoms with Gasteiger partial charge in [-0.3, -0.25) is 10.1 Å². The number of ether oxygens (including phenoxy) is 1. The summed E-state index contributed by atoms with van der Waals surface area (Å²) in [5, 5.41) is 33.9. The van der Waals surface area contributed by atoms with Crippen molar-refractivity contribution in [2.24, 2.45) is 5.10 Å². The van der Waals surface area contributed by atoms with Crippen LogP contribution in [-0.4, -0.2) is 37.7 Å². The first kappa shape index (κ1) is 19.4. The fourth-order valence-corrected chi connectivity index (χ4v) is 3.16. The zero-order valence-corrected chi connectivity index (χ0v) is 15.7. The topological polar surface area (TPSA) is 116 Å². The number of aromatic nitrogens is 3. The van der Waals surface area contributed by atoms with Gasteiger partial charge in [0, 0.05) is 17.4 Å². The number of hydrogen-bond donors (Lipinski definition) is 1. The molecule has 0 saturated carbocycles. The minimum atomic E-state index is -0.672. The van der Waals surface area contributed by atoms with Crippen molar-refractivity contribution in [2.45, 2.75) is 17.8 Å². The summed E-state index contributed by atoms with van der Waals surface area (Å²) < 4.78 is 6.74. The molecule has 2 aromatic carbocycles. The van der Waals surface area contributed by atoms with E-state index in [0.29, 0.717) is 16.5 Å². The van der Waals surface area contributed by atoms with E-state index in [4.69, 9.17) is 4.74 Å². The second-order valence-electron chi connectivity index (χ2n) is 5.55. The van der Waals surface area contributed by atoms with Crippen LogP contribution in [-0.2, 0) is 5.75 Å². The lowest BCUT2D eigenvalue weighted by Crippen LogP contribution is -1.98. The van der Waals surface area contributed by atoms with Crippen LogP contribution < -0.4 is 4.74 Å². The molecule has 144 valence electrons. The summed E-state index contributed by atoms with van der Waals surface area (Å²) in [6.07, 6.45) is 2.87. The van der Waals surface area contributed by atoms with Crippen LogP contribution in [0.3, 0.4) is 0 Å². The number of phenols is 1. The molecule has 1 N–H and O–H groups in total. The van der Waals surface area contributed by atoms with Gasteiger partial charge in [-0.1, -0.05) is 42.1 Å². The van der Waals surface area contributed by atoms with E-state index in [1.807, 2.05) is 30.3 Å². The summed E-state index contributed by atoms with van der Waals surface area (Å²) >= 11 is 1.47. The van der Waals surface area contributed by atoms with Crippen molar-refractivity contribution >= 4 is 23.7 Å². The number of rotatable bonds is 8.